The number of para-hydroxylation sites is 1. The Balaban J connectivity index is 2.04. The molecule has 1 amide bonds. The van der Waals surface area contributed by atoms with Gasteiger partial charge in [-0.2, -0.15) is 0 Å². The van der Waals surface area contributed by atoms with Gasteiger partial charge in [-0.25, -0.2) is 0 Å². The van der Waals surface area contributed by atoms with Crippen molar-refractivity contribution in [1.82, 2.24) is 10.6 Å². The monoisotopic (exact) mass is 487 g/mol. The Bertz CT molecular complexity index is 732. The van der Waals surface area contributed by atoms with Crippen LogP contribution in [0, 0.1) is 17.3 Å². The zero-order valence-electron chi connectivity index (χ0n) is 14.4. The highest BCUT2D eigenvalue weighted by atomic mass is 35.6. The highest BCUT2D eigenvalue weighted by Crippen LogP contribution is 2.59. The summed E-state index contributed by atoms with van der Waals surface area (Å²) < 4.78 is -1.71. The first-order valence-corrected chi connectivity index (χ1v) is 10.2. The molecule has 0 unspecified atom stereocenters. The summed E-state index contributed by atoms with van der Waals surface area (Å²) in [6.07, 6.45) is 0.610. The van der Waals surface area contributed by atoms with Crippen molar-refractivity contribution in [1.29, 1.82) is 0 Å². The number of alkyl halides is 3. The molecule has 0 spiro atoms. The molecule has 1 aliphatic rings. The number of halogens is 5. The number of anilines is 1. The van der Waals surface area contributed by atoms with E-state index in [1.165, 1.54) is 0 Å². The second kappa shape index (κ2) is 8.93. The summed E-state index contributed by atoms with van der Waals surface area (Å²) in [7, 11) is 0. The van der Waals surface area contributed by atoms with Crippen LogP contribution in [0.5, 0.6) is 0 Å². The third-order valence-corrected chi connectivity index (χ3v) is 5.55. The maximum atomic E-state index is 12.7. The second-order valence-corrected chi connectivity index (χ2v) is 10.5. The van der Waals surface area contributed by atoms with Crippen LogP contribution in [0.15, 0.2) is 40.9 Å². The Morgan fingerprint density at radius 1 is 1.19 bits per heavy atom. The van der Waals surface area contributed by atoms with Gasteiger partial charge in [-0.3, -0.25) is 4.79 Å². The molecule has 1 saturated carbocycles. The van der Waals surface area contributed by atoms with Gasteiger partial charge >= 0.3 is 0 Å². The summed E-state index contributed by atoms with van der Waals surface area (Å²) in [5, 5.41) is 8.70. The third-order valence-electron chi connectivity index (χ3n) is 4.42. The number of nitrogens with one attached hydrogen (secondary N) is 3. The maximum absolute atomic E-state index is 12.7. The molecule has 1 aromatic rings. The van der Waals surface area contributed by atoms with Gasteiger partial charge in [0.2, 0.25) is 9.70 Å². The van der Waals surface area contributed by atoms with Crippen LogP contribution in [0.25, 0.3) is 0 Å². The van der Waals surface area contributed by atoms with Gasteiger partial charge in [-0.05, 0) is 41.8 Å². The molecule has 0 radical (unpaired) electrons. The van der Waals surface area contributed by atoms with E-state index in [9.17, 15) is 4.79 Å². The molecular weight excluding hydrogens is 472 g/mol. The van der Waals surface area contributed by atoms with Gasteiger partial charge in [0, 0.05) is 5.69 Å². The Labute approximate surface area is 188 Å². The maximum Gasteiger partial charge on any atom is 0.228 e. The van der Waals surface area contributed by atoms with E-state index in [2.05, 4.69) is 16.0 Å². The van der Waals surface area contributed by atoms with E-state index >= 15 is 0 Å². The van der Waals surface area contributed by atoms with Crippen molar-refractivity contribution in [3.63, 3.8) is 0 Å². The molecule has 10 heteroatoms. The molecule has 1 fully saturated rings. The zero-order chi connectivity index (χ0) is 20.4. The largest absolute Gasteiger partial charge is 0.339 e. The van der Waals surface area contributed by atoms with Crippen molar-refractivity contribution in [2.24, 2.45) is 17.3 Å². The lowest BCUT2D eigenvalue weighted by atomic mass is 10.1. The molecule has 3 N–H and O–H groups in total. The lowest BCUT2D eigenvalue weighted by Crippen LogP contribution is -2.56. The normalized spacial score (nSPS) is 21.6. The van der Waals surface area contributed by atoms with Crippen LogP contribution in [-0.2, 0) is 4.79 Å². The van der Waals surface area contributed by atoms with Gasteiger partial charge in [0.05, 0.1) is 5.92 Å². The smallest absolute Gasteiger partial charge is 0.228 e. The number of amides is 1. The SMILES string of the molecule is CC1(C)[C@H](C=C(Cl)Cl)[C@H]1C(=O)N[C@@H](NC(=S)Nc1ccccc1)C(Cl)(Cl)Cl. The fourth-order valence-electron chi connectivity index (χ4n) is 2.88. The molecule has 27 heavy (non-hydrogen) atoms. The average Bonchev–Trinajstić information content (AvgIpc) is 3.06. The number of hydrogen-bond donors (Lipinski definition) is 3. The fraction of sp³-hybridized carbons (Fsp3) is 0.412. The quantitative estimate of drug-likeness (QED) is 0.295. The topological polar surface area (TPSA) is 53.2 Å². The molecule has 0 bridgehead atoms. The molecular formula is C17H18Cl5N3OS. The van der Waals surface area contributed by atoms with Crippen molar-refractivity contribution < 1.29 is 4.79 Å². The molecule has 1 aromatic carbocycles. The average molecular weight is 490 g/mol. The summed E-state index contributed by atoms with van der Waals surface area (Å²) >= 11 is 34.8. The first-order valence-electron chi connectivity index (χ1n) is 7.95. The predicted octanol–water partition coefficient (Wildman–Crippen LogP) is 5.38. The number of benzene rings is 1. The molecule has 2 rings (SSSR count). The van der Waals surface area contributed by atoms with Crippen molar-refractivity contribution in [3.05, 3.63) is 40.9 Å². The minimum absolute atomic E-state index is 0.104. The number of hydrogen-bond acceptors (Lipinski definition) is 2. The number of carbonyl (C=O) groups excluding carboxylic acids is 1. The summed E-state index contributed by atoms with van der Waals surface area (Å²) in [5.74, 6) is -0.743. The number of rotatable bonds is 5. The van der Waals surface area contributed by atoms with E-state index in [1.807, 2.05) is 44.2 Å². The van der Waals surface area contributed by atoms with Crippen LogP contribution in [0.2, 0.25) is 0 Å². The van der Waals surface area contributed by atoms with Crippen LogP contribution < -0.4 is 16.0 Å². The van der Waals surface area contributed by atoms with Gasteiger partial charge in [0.15, 0.2) is 5.11 Å². The highest BCUT2D eigenvalue weighted by molar-refractivity contribution is 7.80. The molecule has 3 atom stereocenters. The summed E-state index contributed by atoms with van der Waals surface area (Å²) in [6, 6.07) is 9.24. The summed E-state index contributed by atoms with van der Waals surface area (Å²) in [4.78, 5) is 12.7. The molecule has 148 valence electrons. The molecule has 4 nitrogen and oxygen atoms in total. The van der Waals surface area contributed by atoms with E-state index in [-0.39, 0.29) is 32.8 Å². The van der Waals surface area contributed by atoms with Crippen LogP contribution in [0.4, 0.5) is 5.69 Å². The summed E-state index contributed by atoms with van der Waals surface area (Å²) in [5.41, 5.74) is 0.453. The van der Waals surface area contributed by atoms with Gasteiger partial charge in [-0.1, -0.05) is 90.1 Å². The minimum Gasteiger partial charge on any atom is -0.339 e. The van der Waals surface area contributed by atoms with Crippen LogP contribution >= 0.6 is 70.2 Å². The number of allylic oxidation sites excluding steroid dienone is 1. The molecule has 0 aliphatic heterocycles. The Morgan fingerprint density at radius 2 is 1.78 bits per heavy atom. The van der Waals surface area contributed by atoms with Crippen molar-refractivity contribution >= 4 is 86.9 Å². The number of thiocarbonyl (C=S) groups is 1. The Kier molecular flexibility index (Phi) is 7.56. The van der Waals surface area contributed by atoms with Gasteiger partial charge in [0.25, 0.3) is 0 Å². The lowest BCUT2D eigenvalue weighted by Gasteiger charge is -2.28. The van der Waals surface area contributed by atoms with Gasteiger partial charge in [-0.15, -0.1) is 0 Å². The minimum atomic E-state index is -1.83. The Morgan fingerprint density at radius 3 is 2.30 bits per heavy atom. The fourth-order valence-corrected chi connectivity index (χ4v) is 3.71. The van der Waals surface area contributed by atoms with E-state index in [0.29, 0.717) is 0 Å². The van der Waals surface area contributed by atoms with E-state index in [0.717, 1.165) is 5.69 Å². The third kappa shape index (κ3) is 6.28. The van der Waals surface area contributed by atoms with Gasteiger partial charge < -0.3 is 16.0 Å². The molecule has 0 heterocycles. The van der Waals surface area contributed by atoms with Crippen LogP contribution in [0.3, 0.4) is 0 Å². The van der Waals surface area contributed by atoms with Crippen molar-refractivity contribution in [3.8, 4) is 0 Å². The van der Waals surface area contributed by atoms with Gasteiger partial charge in [0.1, 0.15) is 10.7 Å². The molecule has 0 saturated heterocycles. The second-order valence-electron chi connectivity index (χ2n) is 6.73. The van der Waals surface area contributed by atoms with Crippen molar-refractivity contribution in [2.45, 2.75) is 23.8 Å². The first kappa shape index (κ1) is 22.9. The lowest BCUT2D eigenvalue weighted by molar-refractivity contribution is -0.123. The van der Waals surface area contributed by atoms with Crippen LogP contribution in [-0.4, -0.2) is 21.0 Å². The van der Waals surface area contributed by atoms with Crippen molar-refractivity contribution in [2.75, 3.05) is 5.32 Å². The Hall–Kier alpha value is -0.430. The van der Waals surface area contributed by atoms with E-state index in [1.54, 1.807) is 6.08 Å². The predicted molar refractivity (Wildman–Crippen MR) is 119 cm³/mol. The van der Waals surface area contributed by atoms with Crippen LogP contribution in [0.1, 0.15) is 13.8 Å². The zero-order valence-corrected chi connectivity index (χ0v) is 19.0. The first-order chi connectivity index (χ1) is 12.4. The molecule has 1 aliphatic carbocycles. The standard InChI is InChI=1S/C17H18Cl5N3OS/c1-16(2)10(8-11(18)19)12(16)13(26)24-14(17(20,21)22)25-15(27)23-9-6-4-3-5-7-9/h3-8,10,12,14H,1-2H3,(H,24,26)(H2,23,25,27)/t10-,12+,14+/m1/s1. The number of carbonyl (C=O) groups is 1. The van der Waals surface area contributed by atoms with E-state index in [4.69, 9.17) is 70.2 Å². The highest BCUT2D eigenvalue weighted by Gasteiger charge is 2.61. The molecule has 0 aromatic heterocycles. The summed E-state index contributed by atoms with van der Waals surface area (Å²) in [6.45, 7) is 3.88. The van der Waals surface area contributed by atoms with E-state index < -0.39 is 9.96 Å².